The van der Waals surface area contributed by atoms with Gasteiger partial charge in [-0.1, -0.05) is 32.0 Å². The minimum Gasteiger partial charge on any atom is -0.366 e. The van der Waals surface area contributed by atoms with Crippen molar-refractivity contribution in [2.24, 2.45) is 0 Å². The average Bonchev–Trinajstić information content (AvgIpc) is 3.07. The van der Waals surface area contributed by atoms with Crippen molar-refractivity contribution < 1.29 is 0 Å². The fourth-order valence-electron chi connectivity index (χ4n) is 2.42. The van der Waals surface area contributed by atoms with Gasteiger partial charge in [-0.05, 0) is 24.6 Å². The molecule has 0 aliphatic carbocycles. The van der Waals surface area contributed by atoms with Crippen LogP contribution in [0.15, 0.2) is 48.8 Å². The summed E-state index contributed by atoms with van der Waals surface area (Å²) < 4.78 is 1.88. The van der Waals surface area contributed by atoms with E-state index in [2.05, 4.69) is 46.4 Å². The van der Waals surface area contributed by atoms with Crippen LogP contribution in [-0.2, 0) is 6.54 Å². The molecule has 5 heteroatoms. The van der Waals surface area contributed by atoms with Crippen molar-refractivity contribution >= 4 is 5.82 Å². The zero-order valence-electron chi connectivity index (χ0n) is 13.7. The minimum atomic E-state index is 0.312. The van der Waals surface area contributed by atoms with Gasteiger partial charge in [0.25, 0.3) is 0 Å². The summed E-state index contributed by atoms with van der Waals surface area (Å²) in [6.45, 7) is 6.89. The third-order valence-electron chi connectivity index (χ3n) is 3.59. The molecule has 3 rings (SSSR count). The van der Waals surface area contributed by atoms with E-state index < -0.39 is 0 Å². The number of para-hydroxylation sites is 1. The predicted molar refractivity (Wildman–Crippen MR) is 91.7 cm³/mol. The maximum atomic E-state index is 4.60. The largest absolute Gasteiger partial charge is 0.366 e. The van der Waals surface area contributed by atoms with Crippen LogP contribution in [-0.4, -0.2) is 19.7 Å². The van der Waals surface area contributed by atoms with E-state index in [0.29, 0.717) is 12.5 Å². The Kier molecular flexibility index (Phi) is 4.37. The van der Waals surface area contributed by atoms with Crippen molar-refractivity contribution in [2.45, 2.75) is 33.2 Å². The van der Waals surface area contributed by atoms with Crippen LogP contribution >= 0.6 is 0 Å². The van der Waals surface area contributed by atoms with Crippen molar-refractivity contribution in [2.75, 3.05) is 5.32 Å². The van der Waals surface area contributed by atoms with Gasteiger partial charge < -0.3 is 5.32 Å². The molecule has 0 radical (unpaired) electrons. The molecule has 2 aromatic heterocycles. The van der Waals surface area contributed by atoms with E-state index in [-0.39, 0.29) is 0 Å². The molecule has 0 saturated heterocycles. The minimum absolute atomic E-state index is 0.312. The van der Waals surface area contributed by atoms with Crippen LogP contribution in [0.1, 0.15) is 36.8 Å². The molecule has 5 nitrogen and oxygen atoms in total. The molecule has 118 valence electrons. The number of anilines is 1. The number of aromatic nitrogens is 4. The first-order chi connectivity index (χ1) is 11.1. The molecule has 0 fully saturated rings. The van der Waals surface area contributed by atoms with Crippen LogP contribution in [0.4, 0.5) is 5.82 Å². The number of hydrogen-bond donors (Lipinski definition) is 1. The Balaban J connectivity index is 1.82. The van der Waals surface area contributed by atoms with Crippen LogP contribution in [0.2, 0.25) is 0 Å². The number of nitrogens with one attached hydrogen (secondary N) is 1. The molecule has 1 N–H and O–H groups in total. The number of benzene rings is 1. The Morgan fingerprint density at radius 1 is 1.13 bits per heavy atom. The van der Waals surface area contributed by atoms with Gasteiger partial charge in [-0.3, -0.25) is 0 Å². The van der Waals surface area contributed by atoms with Crippen LogP contribution in [0, 0.1) is 6.92 Å². The normalized spacial score (nSPS) is 11.0. The molecule has 0 bridgehead atoms. The van der Waals surface area contributed by atoms with Crippen molar-refractivity contribution in [3.63, 3.8) is 0 Å². The maximum absolute atomic E-state index is 4.60. The quantitative estimate of drug-likeness (QED) is 0.781. The van der Waals surface area contributed by atoms with Gasteiger partial charge in [0.1, 0.15) is 11.6 Å². The highest BCUT2D eigenvalue weighted by Gasteiger charge is 2.08. The maximum Gasteiger partial charge on any atom is 0.133 e. The molecule has 1 aromatic carbocycles. The molecule has 0 saturated carbocycles. The summed E-state index contributed by atoms with van der Waals surface area (Å²) in [4.78, 5) is 9.08. The topological polar surface area (TPSA) is 55.6 Å². The van der Waals surface area contributed by atoms with E-state index in [9.17, 15) is 0 Å². The Labute approximate surface area is 136 Å². The molecule has 0 amide bonds. The first kappa shape index (κ1) is 15.2. The van der Waals surface area contributed by atoms with Gasteiger partial charge >= 0.3 is 0 Å². The van der Waals surface area contributed by atoms with Crippen molar-refractivity contribution in [1.29, 1.82) is 0 Å². The van der Waals surface area contributed by atoms with E-state index in [1.165, 1.54) is 5.56 Å². The molecule has 0 aliphatic heterocycles. The molecule has 23 heavy (non-hydrogen) atoms. The van der Waals surface area contributed by atoms with Crippen molar-refractivity contribution in [1.82, 2.24) is 19.7 Å². The van der Waals surface area contributed by atoms with Gasteiger partial charge in [0.2, 0.25) is 0 Å². The lowest BCUT2D eigenvalue weighted by Gasteiger charge is -2.13. The van der Waals surface area contributed by atoms with Gasteiger partial charge in [-0.25, -0.2) is 14.6 Å². The first-order valence-corrected chi connectivity index (χ1v) is 7.81. The lowest BCUT2D eigenvalue weighted by molar-refractivity contribution is 0.766. The second kappa shape index (κ2) is 6.60. The number of nitrogens with zero attached hydrogens (tertiary/aromatic N) is 4. The van der Waals surface area contributed by atoms with Gasteiger partial charge in [-0.2, -0.15) is 5.10 Å². The SMILES string of the molecule is Cc1cc(NCc2ccccc2-n2cccn2)nc(C(C)C)n1. The first-order valence-electron chi connectivity index (χ1n) is 7.81. The molecular formula is C18H21N5. The highest BCUT2D eigenvalue weighted by atomic mass is 15.3. The van der Waals surface area contributed by atoms with Gasteiger partial charge in [-0.15, -0.1) is 0 Å². The lowest BCUT2D eigenvalue weighted by atomic mass is 10.1. The number of hydrogen-bond acceptors (Lipinski definition) is 4. The van der Waals surface area contributed by atoms with Crippen LogP contribution in [0.5, 0.6) is 0 Å². The van der Waals surface area contributed by atoms with E-state index in [0.717, 1.165) is 23.0 Å². The molecule has 0 spiro atoms. The molecule has 2 heterocycles. The van der Waals surface area contributed by atoms with E-state index in [1.54, 1.807) is 6.20 Å². The summed E-state index contributed by atoms with van der Waals surface area (Å²) in [7, 11) is 0. The molecular weight excluding hydrogens is 286 g/mol. The fraction of sp³-hybridized carbons (Fsp3) is 0.278. The third-order valence-corrected chi connectivity index (χ3v) is 3.59. The predicted octanol–water partition coefficient (Wildman–Crippen LogP) is 3.71. The zero-order chi connectivity index (χ0) is 16.2. The van der Waals surface area contributed by atoms with Crippen LogP contribution < -0.4 is 5.32 Å². The second-order valence-corrected chi connectivity index (χ2v) is 5.84. The third kappa shape index (κ3) is 3.56. The number of aryl methyl sites for hydroxylation is 1. The van der Waals surface area contributed by atoms with Crippen LogP contribution in [0.3, 0.4) is 0 Å². The molecule has 0 aliphatic rings. The fourth-order valence-corrected chi connectivity index (χ4v) is 2.42. The highest BCUT2D eigenvalue weighted by Crippen LogP contribution is 2.17. The van der Waals surface area contributed by atoms with Gasteiger partial charge in [0, 0.05) is 36.6 Å². The lowest BCUT2D eigenvalue weighted by Crippen LogP contribution is -2.09. The zero-order valence-corrected chi connectivity index (χ0v) is 13.7. The molecule has 0 atom stereocenters. The Morgan fingerprint density at radius 3 is 2.70 bits per heavy atom. The summed E-state index contributed by atoms with van der Waals surface area (Å²) in [5.41, 5.74) is 3.21. The smallest absolute Gasteiger partial charge is 0.133 e. The van der Waals surface area contributed by atoms with E-state index in [1.807, 2.05) is 42.1 Å². The van der Waals surface area contributed by atoms with E-state index in [4.69, 9.17) is 0 Å². The van der Waals surface area contributed by atoms with E-state index >= 15 is 0 Å². The van der Waals surface area contributed by atoms with Crippen LogP contribution in [0.25, 0.3) is 5.69 Å². The summed E-state index contributed by atoms with van der Waals surface area (Å²) >= 11 is 0. The van der Waals surface area contributed by atoms with Crippen molar-refractivity contribution in [3.05, 3.63) is 65.9 Å². The monoisotopic (exact) mass is 307 g/mol. The van der Waals surface area contributed by atoms with Gasteiger partial charge in [0.15, 0.2) is 0 Å². The van der Waals surface area contributed by atoms with Gasteiger partial charge in [0.05, 0.1) is 5.69 Å². The summed E-state index contributed by atoms with van der Waals surface area (Å²) in [5, 5.41) is 7.72. The molecule has 0 unspecified atom stereocenters. The Bertz CT molecular complexity index is 778. The summed E-state index contributed by atoms with van der Waals surface area (Å²) in [5.74, 6) is 2.04. The summed E-state index contributed by atoms with van der Waals surface area (Å²) in [6, 6.07) is 12.1. The second-order valence-electron chi connectivity index (χ2n) is 5.84. The molecule has 3 aromatic rings. The standard InChI is InChI=1S/C18H21N5/c1-13(2)18-21-14(3)11-17(22-18)19-12-15-7-4-5-8-16(15)23-10-6-9-20-23/h4-11,13H,12H2,1-3H3,(H,19,21,22). The summed E-state index contributed by atoms with van der Waals surface area (Å²) in [6.07, 6.45) is 3.73. The Morgan fingerprint density at radius 2 is 1.96 bits per heavy atom. The number of rotatable bonds is 5. The Hall–Kier alpha value is -2.69. The van der Waals surface area contributed by atoms with Crippen molar-refractivity contribution in [3.8, 4) is 5.69 Å². The average molecular weight is 307 g/mol. The highest BCUT2D eigenvalue weighted by molar-refractivity contribution is 5.44.